The molecule has 0 aliphatic heterocycles. The zero-order chi connectivity index (χ0) is 7.98. The first kappa shape index (κ1) is 8.95. The van der Waals surface area contributed by atoms with E-state index in [-0.39, 0.29) is 0 Å². The Hall–Kier alpha value is -1.05. The van der Waals surface area contributed by atoms with Crippen LogP contribution in [-0.2, 0) is 0 Å². The zero-order valence-electron chi connectivity index (χ0n) is 6.54. The van der Waals surface area contributed by atoms with Gasteiger partial charge in [0.2, 0.25) is 0 Å². The third kappa shape index (κ3) is 3.89. The molecule has 0 heterocycles. The summed E-state index contributed by atoms with van der Waals surface area (Å²) in [5, 5.41) is 0. The van der Waals surface area contributed by atoms with Gasteiger partial charge in [-0.25, -0.2) is 0 Å². The summed E-state index contributed by atoms with van der Waals surface area (Å²) in [5.41, 5.74) is 5.96. The highest BCUT2D eigenvalue weighted by Crippen LogP contribution is 2.06. The van der Waals surface area contributed by atoms with Crippen molar-refractivity contribution in [3.8, 4) is 0 Å². The maximum absolute atomic E-state index is 5.09. The summed E-state index contributed by atoms with van der Waals surface area (Å²) in [7, 11) is 0. The van der Waals surface area contributed by atoms with Gasteiger partial charge in [-0.15, -0.1) is 0 Å². The highest BCUT2D eigenvalue weighted by molar-refractivity contribution is 5.71. The molecule has 0 spiro atoms. The topological polar surface area (TPSA) is 38.4 Å². The van der Waals surface area contributed by atoms with E-state index in [1.165, 1.54) is 6.20 Å². The standard InChI is InChI=1S/C8H14N2/c1-7(2)8(3)10-6-4-5-9/h4-7H,3,9H2,1-2H3/b5-4-,10-6-. The van der Waals surface area contributed by atoms with Gasteiger partial charge in [-0.05, 0) is 18.2 Å². The average Bonchev–Trinajstić information content (AvgIpc) is 1.88. The second-order valence-corrected chi connectivity index (χ2v) is 2.31. The van der Waals surface area contributed by atoms with E-state index in [1.807, 2.05) is 13.8 Å². The Bertz CT molecular complexity index is 155. The van der Waals surface area contributed by atoms with Crippen LogP contribution in [-0.4, -0.2) is 6.21 Å². The molecule has 2 heteroatoms. The van der Waals surface area contributed by atoms with Crippen LogP contribution in [0.15, 0.2) is 29.5 Å². The molecule has 0 fully saturated rings. The summed E-state index contributed by atoms with van der Waals surface area (Å²) in [6, 6.07) is 0. The Balaban J connectivity index is 3.78. The van der Waals surface area contributed by atoms with Crippen LogP contribution in [0.5, 0.6) is 0 Å². The Morgan fingerprint density at radius 2 is 2.20 bits per heavy atom. The lowest BCUT2D eigenvalue weighted by Crippen LogP contribution is -1.88. The van der Waals surface area contributed by atoms with Gasteiger partial charge in [0.25, 0.3) is 0 Å². The summed E-state index contributed by atoms with van der Waals surface area (Å²) in [6.45, 7) is 7.85. The predicted octanol–water partition coefficient (Wildman–Crippen LogP) is 1.70. The number of allylic oxidation sites excluding steroid dienone is 2. The molecular weight excluding hydrogens is 124 g/mol. The second-order valence-electron chi connectivity index (χ2n) is 2.31. The van der Waals surface area contributed by atoms with Crippen molar-refractivity contribution in [2.45, 2.75) is 13.8 Å². The maximum atomic E-state index is 5.09. The predicted molar refractivity (Wildman–Crippen MR) is 45.8 cm³/mol. The smallest absolute Gasteiger partial charge is 0.0357 e. The molecule has 2 nitrogen and oxygen atoms in total. The first-order valence-electron chi connectivity index (χ1n) is 3.28. The van der Waals surface area contributed by atoms with Gasteiger partial charge in [0.15, 0.2) is 0 Å². The molecule has 0 aromatic rings. The molecule has 0 aliphatic rings. The number of nitrogens with two attached hydrogens (primary N) is 1. The van der Waals surface area contributed by atoms with Crippen molar-refractivity contribution < 1.29 is 0 Å². The first-order chi connectivity index (χ1) is 4.68. The maximum Gasteiger partial charge on any atom is 0.0357 e. The van der Waals surface area contributed by atoms with E-state index in [0.717, 1.165) is 5.70 Å². The summed E-state index contributed by atoms with van der Waals surface area (Å²) in [6.07, 6.45) is 4.76. The molecule has 56 valence electrons. The number of hydrogen-bond donors (Lipinski definition) is 1. The van der Waals surface area contributed by atoms with Gasteiger partial charge in [0, 0.05) is 11.9 Å². The fourth-order valence-corrected chi connectivity index (χ4v) is 0.338. The highest BCUT2D eigenvalue weighted by Gasteiger charge is 1.93. The van der Waals surface area contributed by atoms with E-state index in [4.69, 9.17) is 5.73 Å². The largest absolute Gasteiger partial charge is 0.405 e. The number of aliphatic imine (C=N–C) groups is 1. The molecule has 0 amide bonds. The molecular formula is C8H14N2. The Morgan fingerprint density at radius 1 is 1.60 bits per heavy atom. The van der Waals surface area contributed by atoms with Gasteiger partial charge in [-0.2, -0.15) is 0 Å². The van der Waals surface area contributed by atoms with E-state index < -0.39 is 0 Å². The lowest BCUT2D eigenvalue weighted by molar-refractivity contribution is 0.763. The van der Waals surface area contributed by atoms with Crippen molar-refractivity contribution in [2.75, 3.05) is 0 Å². The highest BCUT2D eigenvalue weighted by atomic mass is 14.7. The SMILES string of the molecule is C=C(/N=C\C=C/N)C(C)C. The van der Waals surface area contributed by atoms with Crippen LogP contribution < -0.4 is 5.73 Å². The summed E-state index contributed by atoms with van der Waals surface area (Å²) in [5.74, 6) is 0.405. The molecule has 0 saturated carbocycles. The van der Waals surface area contributed by atoms with Crippen molar-refractivity contribution in [1.82, 2.24) is 0 Å². The normalized spacial score (nSPS) is 11.9. The second kappa shape index (κ2) is 4.79. The van der Waals surface area contributed by atoms with Crippen LogP contribution >= 0.6 is 0 Å². The van der Waals surface area contributed by atoms with Crippen molar-refractivity contribution in [1.29, 1.82) is 0 Å². The first-order valence-corrected chi connectivity index (χ1v) is 3.28. The van der Waals surface area contributed by atoms with Crippen molar-refractivity contribution in [2.24, 2.45) is 16.6 Å². The Labute approximate surface area is 62.1 Å². The number of nitrogens with zero attached hydrogens (tertiary/aromatic N) is 1. The quantitative estimate of drug-likeness (QED) is 0.592. The lowest BCUT2D eigenvalue weighted by atomic mass is 10.2. The minimum absolute atomic E-state index is 0.405. The van der Waals surface area contributed by atoms with E-state index in [1.54, 1.807) is 12.3 Å². The van der Waals surface area contributed by atoms with Crippen LogP contribution in [0.1, 0.15) is 13.8 Å². The monoisotopic (exact) mass is 138 g/mol. The molecule has 0 aromatic carbocycles. The molecule has 0 atom stereocenters. The fraction of sp³-hybridized carbons (Fsp3) is 0.375. The molecule has 0 radical (unpaired) electrons. The summed E-state index contributed by atoms with van der Waals surface area (Å²) in [4.78, 5) is 4.03. The van der Waals surface area contributed by atoms with Gasteiger partial charge < -0.3 is 5.73 Å². The zero-order valence-corrected chi connectivity index (χ0v) is 6.54. The third-order valence-corrected chi connectivity index (χ3v) is 1.10. The average molecular weight is 138 g/mol. The Morgan fingerprint density at radius 3 is 2.60 bits per heavy atom. The van der Waals surface area contributed by atoms with Gasteiger partial charge in [0.1, 0.15) is 0 Å². The van der Waals surface area contributed by atoms with Crippen LogP contribution in [0.3, 0.4) is 0 Å². The van der Waals surface area contributed by atoms with Crippen molar-refractivity contribution in [3.63, 3.8) is 0 Å². The molecule has 0 aliphatic carbocycles. The molecule has 10 heavy (non-hydrogen) atoms. The van der Waals surface area contributed by atoms with E-state index in [9.17, 15) is 0 Å². The van der Waals surface area contributed by atoms with E-state index >= 15 is 0 Å². The van der Waals surface area contributed by atoms with Crippen LogP contribution in [0.25, 0.3) is 0 Å². The van der Waals surface area contributed by atoms with Gasteiger partial charge in [-0.1, -0.05) is 20.4 Å². The van der Waals surface area contributed by atoms with Gasteiger partial charge in [-0.3, -0.25) is 4.99 Å². The van der Waals surface area contributed by atoms with Crippen LogP contribution in [0.4, 0.5) is 0 Å². The minimum atomic E-state index is 0.405. The minimum Gasteiger partial charge on any atom is -0.405 e. The lowest BCUT2D eigenvalue weighted by Gasteiger charge is -1.99. The summed E-state index contributed by atoms with van der Waals surface area (Å²) < 4.78 is 0. The van der Waals surface area contributed by atoms with Crippen molar-refractivity contribution >= 4 is 6.21 Å². The number of hydrogen-bond acceptors (Lipinski definition) is 2. The number of rotatable bonds is 3. The van der Waals surface area contributed by atoms with Gasteiger partial charge >= 0.3 is 0 Å². The Kier molecular flexibility index (Phi) is 4.29. The van der Waals surface area contributed by atoms with Crippen LogP contribution in [0.2, 0.25) is 0 Å². The molecule has 0 rings (SSSR count). The molecule has 0 unspecified atom stereocenters. The molecule has 2 N–H and O–H groups in total. The molecule has 0 aromatic heterocycles. The van der Waals surface area contributed by atoms with Crippen LogP contribution in [0, 0.1) is 5.92 Å². The van der Waals surface area contributed by atoms with Crippen molar-refractivity contribution in [3.05, 3.63) is 24.6 Å². The van der Waals surface area contributed by atoms with E-state index in [2.05, 4.69) is 11.6 Å². The van der Waals surface area contributed by atoms with E-state index in [0.29, 0.717) is 5.92 Å². The fourth-order valence-electron chi connectivity index (χ4n) is 0.338. The molecule has 0 bridgehead atoms. The van der Waals surface area contributed by atoms with Gasteiger partial charge in [0.05, 0.1) is 0 Å². The molecule has 0 saturated heterocycles. The summed E-state index contributed by atoms with van der Waals surface area (Å²) >= 11 is 0. The third-order valence-electron chi connectivity index (χ3n) is 1.10.